The van der Waals surface area contributed by atoms with E-state index in [9.17, 15) is 19.6 Å². The van der Waals surface area contributed by atoms with Crippen LogP contribution in [-0.4, -0.2) is 30.0 Å². The number of esters is 2. The number of carbonyl (C=O) groups excluding carboxylic acids is 3. The van der Waals surface area contributed by atoms with E-state index in [0.29, 0.717) is 10.2 Å². The second-order valence-electron chi connectivity index (χ2n) is 9.84. The van der Waals surface area contributed by atoms with Gasteiger partial charge in [-0.1, -0.05) is 46.3 Å². The van der Waals surface area contributed by atoms with Crippen LogP contribution in [0, 0.1) is 11.3 Å². The summed E-state index contributed by atoms with van der Waals surface area (Å²) in [5, 5.41) is 10.2. The van der Waals surface area contributed by atoms with Crippen molar-refractivity contribution in [3.05, 3.63) is 86.9 Å². The molecule has 0 saturated carbocycles. The van der Waals surface area contributed by atoms with Gasteiger partial charge < -0.3 is 19.9 Å². The van der Waals surface area contributed by atoms with Gasteiger partial charge in [0.2, 0.25) is 11.8 Å². The summed E-state index contributed by atoms with van der Waals surface area (Å²) in [5.74, 6) is -2.54. The van der Waals surface area contributed by atoms with Gasteiger partial charge in [-0.05, 0) is 51.5 Å². The maximum absolute atomic E-state index is 14.4. The maximum Gasteiger partial charge on any atom is 0.339 e. The Labute approximate surface area is 228 Å². The lowest BCUT2D eigenvalue weighted by Crippen LogP contribution is -2.49. The molecule has 0 bridgehead atoms. The van der Waals surface area contributed by atoms with Crippen molar-refractivity contribution < 1.29 is 28.6 Å². The van der Waals surface area contributed by atoms with Gasteiger partial charge in [0.1, 0.15) is 41.7 Å². The second kappa shape index (κ2) is 9.99. The van der Waals surface area contributed by atoms with Crippen LogP contribution in [0.2, 0.25) is 0 Å². The Bertz CT molecular complexity index is 1430. The van der Waals surface area contributed by atoms with Crippen LogP contribution in [0.4, 0.5) is 5.69 Å². The van der Waals surface area contributed by atoms with Crippen molar-refractivity contribution in [2.24, 2.45) is 5.73 Å². The highest BCUT2D eigenvalue weighted by Crippen LogP contribution is 2.54. The molecule has 2 N–H and O–H groups in total. The van der Waals surface area contributed by atoms with Crippen LogP contribution in [0.3, 0.4) is 0 Å². The van der Waals surface area contributed by atoms with E-state index < -0.39 is 35.4 Å². The standard InChI is InChI=1S/C28H26BrN3O6/c1-16-23(25(34)36-15-17-8-6-5-7-9-17)28(20(13-30)24(31)37-16)19-12-18(29)10-11-21(19)32(26(28)35)14-22(33)38-27(2,3)4/h5-12H,14-15,31H2,1-4H3. The topological polar surface area (TPSA) is 132 Å². The summed E-state index contributed by atoms with van der Waals surface area (Å²) in [4.78, 5) is 42.0. The smallest absolute Gasteiger partial charge is 0.339 e. The summed E-state index contributed by atoms with van der Waals surface area (Å²) in [6.45, 7) is 6.10. The molecule has 0 aliphatic carbocycles. The first-order chi connectivity index (χ1) is 17.9. The predicted octanol–water partition coefficient (Wildman–Crippen LogP) is 4.12. The fourth-order valence-electron chi connectivity index (χ4n) is 4.69. The van der Waals surface area contributed by atoms with E-state index in [-0.39, 0.29) is 35.0 Å². The van der Waals surface area contributed by atoms with Gasteiger partial charge in [-0.25, -0.2) is 4.79 Å². The zero-order valence-electron chi connectivity index (χ0n) is 21.3. The molecule has 2 aromatic rings. The number of anilines is 1. The summed E-state index contributed by atoms with van der Waals surface area (Å²) in [6, 6.07) is 15.9. The molecule has 196 valence electrons. The van der Waals surface area contributed by atoms with Crippen LogP contribution in [0.15, 0.2) is 75.8 Å². The molecule has 0 fully saturated rings. The zero-order chi connectivity index (χ0) is 27.8. The van der Waals surface area contributed by atoms with Gasteiger partial charge in [0, 0.05) is 15.7 Å². The van der Waals surface area contributed by atoms with Gasteiger partial charge >= 0.3 is 11.9 Å². The molecule has 1 spiro atoms. The minimum Gasteiger partial charge on any atom is -0.459 e. The Morgan fingerprint density at radius 3 is 2.50 bits per heavy atom. The summed E-state index contributed by atoms with van der Waals surface area (Å²) < 4.78 is 17.2. The van der Waals surface area contributed by atoms with Crippen molar-refractivity contribution in [2.75, 3.05) is 11.4 Å². The fraction of sp³-hybridized carbons (Fsp3) is 0.286. The quantitative estimate of drug-likeness (QED) is 0.523. The third-order valence-electron chi connectivity index (χ3n) is 6.07. The number of nitriles is 1. The van der Waals surface area contributed by atoms with Gasteiger partial charge in [-0.15, -0.1) is 0 Å². The molecule has 9 nitrogen and oxygen atoms in total. The van der Waals surface area contributed by atoms with E-state index in [1.807, 2.05) is 12.1 Å². The Kier molecular flexibility index (Phi) is 7.08. The largest absolute Gasteiger partial charge is 0.459 e. The first-order valence-electron chi connectivity index (χ1n) is 11.7. The van der Waals surface area contributed by atoms with Crippen molar-refractivity contribution in [1.82, 2.24) is 0 Å². The van der Waals surface area contributed by atoms with Crippen LogP contribution in [0.5, 0.6) is 0 Å². The van der Waals surface area contributed by atoms with E-state index in [1.54, 1.807) is 63.2 Å². The van der Waals surface area contributed by atoms with Crippen LogP contribution in [-0.2, 0) is 40.6 Å². The summed E-state index contributed by atoms with van der Waals surface area (Å²) >= 11 is 3.42. The number of allylic oxidation sites excluding steroid dienone is 1. The molecular formula is C28H26BrN3O6. The number of nitrogens with two attached hydrogens (primary N) is 1. The molecule has 4 rings (SSSR count). The van der Waals surface area contributed by atoms with Gasteiger partial charge in [-0.2, -0.15) is 5.26 Å². The van der Waals surface area contributed by atoms with Crippen LogP contribution in [0.1, 0.15) is 38.8 Å². The molecule has 1 atom stereocenters. The van der Waals surface area contributed by atoms with Crippen molar-refractivity contribution in [1.29, 1.82) is 5.26 Å². The Hall–Kier alpha value is -4.10. The number of benzene rings is 2. The molecule has 1 unspecified atom stereocenters. The monoisotopic (exact) mass is 579 g/mol. The second-order valence-corrected chi connectivity index (χ2v) is 10.8. The summed E-state index contributed by atoms with van der Waals surface area (Å²) in [5.41, 5.74) is 4.23. The number of fused-ring (bicyclic) bond motifs is 2. The van der Waals surface area contributed by atoms with E-state index in [1.165, 1.54) is 11.8 Å². The Morgan fingerprint density at radius 2 is 1.87 bits per heavy atom. The molecule has 38 heavy (non-hydrogen) atoms. The number of hydrogen-bond acceptors (Lipinski definition) is 8. The zero-order valence-corrected chi connectivity index (χ0v) is 22.9. The molecule has 0 aromatic heterocycles. The highest BCUT2D eigenvalue weighted by molar-refractivity contribution is 9.10. The van der Waals surface area contributed by atoms with E-state index in [0.717, 1.165) is 5.56 Å². The number of rotatable bonds is 5. The first kappa shape index (κ1) is 26.9. The molecule has 2 aromatic carbocycles. The summed E-state index contributed by atoms with van der Waals surface area (Å²) in [6.07, 6.45) is 0. The number of carbonyl (C=O) groups is 3. The van der Waals surface area contributed by atoms with Crippen LogP contribution >= 0.6 is 15.9 Å². The number of nitrogens with zero attached hydrogens (tertiary/aromatic N) is 2. The van der Waals surface area contributed by atoms with Crippen molar-refractivity contribution in [2.45, 2.75) is 45.3 Å². The fourth-order valence-corrected chi connectivity index (χ4v) is 5.05. The molecule has 0 radical (unpaired) electrons. The SMILES string of the molecule is CC1=C(C(=O)OCc2ccccc2)C2(C(=O)N(CC(=O)OC(C)(C)C)c3ccc(Br)cc32)C(C#N)=C(N)O1. The third-order valence-corrected chi connectivity index (χ3v) is 6.56. The average Bonchev–Trinajstić information content (AvgIpc) is 3.05. The van der Waals surface area contributed by atoms with Gasteiger partial charge in [0.25, 0.3) is 0 Å². The highest BCUT2D eigenvalue weighted by Gasteiger charge is 2.62. The molecule has 2 aliphatic rings. The molecular weight excluding hydrogens is 554 g/mol. The number of amides is 1. The van der Waals surface area contributed by atoms with E-state index >= 15 is 0 Å². The lowest BCUT2D eigenvalue weighted by Gasteiger charge is -2.34. The van der Waals surface area contributed by atoms with E-state index in [2.05, 4.69) is 15.9 Å². The number of hydrogen-bond donors (Lipinski definition) is 1. The summed E-state index contributed by atoms with van der Waals surface area (Å²) in [7, 11) is 0. The van der Waals surface area contributed by atoms with E-state index in [4.69, 9.17) is 19.9 Å². The molecule has 0 saturated heterocycles. The number of ether oxygens (including phenoxy) is 3. The lowest BCUT2D eigenvalue weighted by molar-refractivity contribution is -0.153. The minimum absolute atomic E-state index is 0.0120. The van der Waals surface area contributed by atoms with Gasteiger partial charge in [0.15, 0.2) is 5.41 Å². The van der Waals surface area contributed by atoms with Gasteiger partial charge in [0.05, 0.1) is 0 Å². The van der Waals surface area contributed by atoms with Crippen molar-refractivity contribution in [3.63, 3.8) is 0 Å². The third kappa shape index (κ3) is 4.65. The molecule has 1 amide bonds. The molecule has 2 aliphatic heterocycles. The van der Waals surface area contributed by atoms with Crippen LogP contribution < -0.4 is 10.6 Å². The Morgan fingerprint density at radius 1 is 1.18 bits per heavy atom. The lowest BCUT2D eigenvalue weighted by atomic mass is 9.68. The first-order valence-corrected chi connectivity index (χ1v) is 12.5. The molecule has 10 heteroatoms. The minimum atomic E-state index is -1.99. The van der Waals surface area contributed by atoms with Crippen LogP contribution in [0.25, 0.3) is 0 Å². The maximum atomic E-state index is 14.4. The van der Waals surface area contributed by atoms with Crippen molar-refractivity contribution >= 4 is 39.5 Å². The van der Waals surface area contributed by atoms with Crippen molar-refractivity contribution in [3.8, 4) is 6.07 Å². The van der Waals surface area contributed by atoms with Gasteiger partial charge in [-0.3, -0.25) is 14.5 Å². The normalized spacial score (nSPS) is 18.7. The average molecular weight is 580 g/mol. The molecule has 2 heterocycles. The number of halogens is 1. The Balaban J connectivity index is 1.87. The highest BCUT2D eigenvalue weighted by atomic mass is 79.9. The predicted molar refractivity (Wildman–Crippen MR) is 141 cm³/mol.